The van der Waals surface area contributed by atoms with Crippen LogP contribution in [-0.2, 0) is 5.75 Å². The summed E-state index contributed by atoms with van der Waals surface area (Å²) in [6.07, 6.45) is 4.00. The first kappa shape index (κ1) is 13.5. The van der Waals surface area contributed by atoms with E-state index < -0.39 is 0 Å². The lowest BCUT2D eigenvalue weighted by Crippen LogP contribution is -1.79. The van der Waals surface area contributed by atoms with Gasteiger partial charge in [0.25, 0.3) is 11.1 Å². The molecular weight excluding hydrogens is 316 g/mol. The van der Waals surface area contributed by atoms with Crippen molar-refractivity contribution in [3.63, 3.8) is 0 Å². The maximum Gasteiger partial charge on any atom is 0.277 e. The van der Waals surface area contributed by atoms with E-state index in [0.29, 0.717) is 16.9 Å². The Kier molecular flexibility index (Phi) is 3.44. The molecule has 110 valence electrons. The number of imidazole rings is 1. The summed E-state index contributed by atoms with van der Waals surface area (Å²) < 4.78 is 7.73. The molecule has 0 aliphatic heterocycles. The number of aromatic nitrogens is 4. The van der Waals surface area contributed by atoms with E-state index in [4.69, 9.17) is 4.42 Å². The molecule has 7 heteroatoms. The van der Waals surface area contributed by atoms with Gasteiger partial charge in [-0.15, -0.1) is 21.5 Å². The molecule has 0 saturated heterocycles. The van der Waals surface area contributed by atoms with Crippen LogP contribution in [0.3, 0.4) is 0 Å². The van der Waals surface area contributed by atoms with E-state index in [2.05, 4.69) is 15.2 Å². The Hall–Kier alpha value is -2.12. The van der Waals surface area contributed by atoms with Crippen LogP contribution in [0.15, 0.2) is 51.7 Å². The molecule has 0 radical (unpaired) electrons. The lowest BCUT2D eigenvalue weighted by Gasteiger charge is -1.92. The van der Waals surface area contributed by atoms with Crippen molar-refractivity contribution in [2.75, 3.05) is 0 Å². The highest BCUT2D eigenvalue weighted by molar-refractivity contribution is 7.98. The van der Waals surface area contributed by atoms with Gasteiger partial charge in [-0.2, -0.15) is 0 Å². The van der Waals surface area contributed by atoms with Crippen molar-refractivity contribution in [1.29, 1.82) is 0 Å². The Morgan fingerprint density at radius 2 is 2.23 bits per heavy atom. The molecule has 22 heavy (non-hydrogen) atoms. The normalized spacial score (nSPS) is 11.3. The molecule has 4 aromatic rings. The van der Waals surface area contributed by atoms with Gasteiger partial charge >= 0.3 is 0 Å². The van der Waals surface area contributed by atoms with E-state index in [1.165, 1.54) is 11.8 Å². The van der Waals surface area contributed by atoms with Crippen LogP contribution in [-0.4, -0.2) is 19.6 Å². The van der Waals surface area contributed by atoms with E-state index in [0.717, 1.165) is 21.8 Å². The second-order valence-corrected chi connectivity index (χ2v) is 6.64. The van der Waals surface area contributed by atoms with E-state index >= 15 is 0 Å². The molecule has 0 bridgehead atoms. The maximum atomic E-state index is 5.72. The Balaban J connectivity index is 1.50. The summed E-state index contributed by atoms with van der Waals surface area (Å²) in [5.74, 6) is 1.29. The van der Waals surface area contributed by atoms with Crippen molar-refractivity contribution in [2.45, 2.75) is 17.9 Å². The van der Waals surface area contributed by atoms with Gasteiger partial charge in [0.2, 0.25) is 0 Å². The van der Waals surface area contributed by atoms with E-state index in [-0.39, 0.29) is 0 Å². The predicted octanol–water partition coefficient (Wildman–Crippen LogP) is 4.05. The number of nitrogens with zero attached hydrogens (tertiary/aromatic N) is 4. The SMILES string of the molecule is Cc1ccsc1-c1nnc(SCc2cn3ccccc3n2)o1. The molecule has 0 aliphatic carbocycles. The minimum atomic E-state index is 0.569. The van der Waals surface area contributed by atoms with Crippen LogP contribution in [0, 0.1) is 6.92 Å². The van der Waals surface area contributed by atoms with Crippen LogP contribution in [0.2, 0.25) is 0 Å². The van der Waals surface area contributed by atoms with Gasteiger partial charge in [0.05, 0.1) is 10.6 Å². The van der Waals surface area contributed by atoms with Gasteiger partial charge in [-0.1, -0.05) is 17.8 Å². The third kappa shape index (κ3) is 2.53. The van der Waals surface area contributed by atoms with Crippen LogP contribution in [0.5, 0.6) is 0 Å². The van der Waals surface area contributed by atoms with Crippen LogP contribution >= 0.6 is 23.1 Å². The van der Waals surface area contributed by atoms with Gasteiger partial charge < -0.3 is 8.82 Å². The molecule has 0 atom stereocenters. The summed E-state index contributed by atoms with van der Waals surface area (Å²) in [5, 5.41) is 10.8. The minimum absolute atomic E-state index is 0.569. The van der Waals surface area contributed by atoms with Crippen LogP contribution in [0.1, 0.15) is 11.3 Å². The monoisotopic (exact) mass is 328 g/mol. The largest absolute Gasteiger partial charge is 0.410 e. The number of thioether (sulfide) groups is 1. The summed E-state index contributed by atoms with van der Waals surface area (Å²) in [5.41, 5.74) is 3.09. The molecule has 0 unspecified atom stereocenters. The average molecular weight is 328 g/mol. The molecule has 4 rings (SSSR count). The second-order valence-electron chi connectivity index (χ2n) is 4.79. The zero-order valence-corrected chi connectivity index (χ0v) is 13.4. The Bertz CT molecular complexity index is 891. The zero-order chi connectivity index (χ0) is 14.9. The van der Waals surface area contributed by atoms with Crippen LogP contribution < -0.4 is 0 Å². The third-order valence-corrected chi connectivity index (χ3v) is 5.08. The topological polar surface area (TPSA) is 56.2 Å². The number of pyridine rings is 1. The summed E-state index contributed by atoms with van der Waals surface area (Å²) in [6, 6.07) is 8.00. The molecule has 0 aliphatic rings. The average Bonchev–Trinajstić information content (AvgIpc) is 3.23. The van der Waals surface area contributed by atoms with E-state index in [1.54, 1.807) is 11.3 Å². The number of hydrogen-bond donors (Lipinski definition) is 0. The summed E-state index contributed by atoms with van der Waals surface area (Å²) in [6.45, 7) is 2.04. The number of thiophene rings is 1. The van der Waals surface area contributed by atoms with Gasteiger partial charge in [-0.25, -0.2) is 4.98 Å². The minimum Gasteiger partial charge on any atom is -0.410 e. The number of hydrogen-bond acceptors (Lipinski definition) is 6. The smallest absolute Gasteiger partial charge is 0.277 e. The highest BCUT2D eigenvalue weighted by Crippen LogP contribution is 2.30. The molecular formula is C15H12N4OS2. The van der Waals surface area contributed by atoms with Gasteiger partial charge in [0, 0.05) is 18.1 Å². The first-order chi connectivity index (χ1) is 10.8. The van der Waals surface area contributed by atoms with Crippen molar-refractivity contribution in [3.8, 4) is 10.8 Å². The molecule has 0 spiro atoms. The van der Waals surface area contributed by atoms with Gasteiger partial charge in [-0.3, -0.25) is 0 Å². The van der Waals surface area contributed by atoms with Crippen molar-refractivity contribution in [1.82, 2.24) is 19.6 Å². The number of fused-ring (bicyclic) bond motifs is 1. The van der Waals surface area contributed by atoms with Crippen molar-refractivity contribution in [2.24, 2.45) is 0 Å². The first-order valence-corrected chi connectivity index (χ1v) is 8.59. The fraction of sp³-hybridized carbons (Fsp3) is 0.133. The quantitative estimate of drug-likeness (QED) is 0.529. The lowest BCUT2D eigenvalue weighted by molar-refractivity contribution is 0.466. The summed E-state index contributed by atoms with van der Waals surface area (Å²) in [4.78, 5) is 5.59. The van der Waals surface area contributed by atoms with Gasteiger partial charge in [0.15, 0.2) is 0 Å². The summed E-state index contributed by atoms with van der Waals surface area (Å²) in [7, 11) is 0. The Morgan fingerprint density at radius 3 is 3.05 bits per heavy atom. The highest BCUT2D eigenvalue weighted by atomic mass is 32.2. The molecule has 0 fully saturated rings. The van der Waals surface area contributed by atoms with Gasteiger partial charge in [-0.05, 0) is 36.1 Å². The Morgan fingerprint density at radius 1 is 1.27 bits per heavy atom. The van der Waals surface area contributed by atoms with E-state index in [9.17, 15) is 0 Å². The van der Waals surface area contributed by atoms with Gasteiger partial charge in [0.1, 0.15) is 5.65 Å². The molecule has 0 aromatic carbocycles. The predicted molar refractivity (Wildman–Crippen MR) is 87.1 cm³/mol. The lowest BCUT2D eigenvalue weighted by atomic mass is 10.3. The molecule has 0 saturated carbocycles. The van der Waals surface area contributed by atoms with Crippen molar-refractivity contribution < 1.29 is 4.42 Å². The molecule has 0 N–H and O–H groups in total. The third-order valence-electron chi connectivity index (χ3n) is 3.22. The van der Waals surface area contributed by atoms with E-state index in [1.807, 2.05) is 53.4 Å². The van der Waals surface area contributed by atoms with Crippen LogP contribution in [0.4, 0.5) is 0 Å². The number of aryl methyl sites for hydroxylation is 1. The number of rotatable bonds is 4. The standard InChI is InChI=1S/C15H12N4OS2/c1-10-5-7-21-13(10)14-17-18-15(20-14)22-9-11-8-19-6-3-2-4-12(19)16-11/h2-8H,9H2,1H3. The molecule has 5 nitrogen and oxygen atoms in total. The van der Waals surface area contributed by atoms with Crippen molar-refractivity contribution in [3.05, 3.63) is 53.3 Å². The molecule has 4 heterocycles. The first-order valence-electron chi connectivity index (χ1n) is 6.73. The highest BCUT2D eigenvalue weighted by Gasteiger charge is 2.13. The van der Waals surface area contributed by atoms with Crippen molar-refractivity contribution >= 4 is 28.7 Å². The fourth-order valence-electron chi connectivity index (χ4n) is 2.14. The second kappa shape index (κ2) is 5.58. The Labute approximate surface area is 135 Å². The molecule has 0 amide bonds. The molecule has 4 aromatic heterocycles. The van der Waals surface area contributed by atoms with Crippen LogP contribution in [0.25, 0.3) is 16.4 Å². The maximum absolute atomic E-state index is 5.72. The zero-order valence-electron chi connectivity index (χ0n) is 11.8. The fourth-order valence-corrected chi connectivity index (χ4v) is 3.64. The summed E-state index contributed by atoms with van der Waals surface area (Å²) >= 11 is 3.11.